The number of aromatic nitrogens is 2. The molecule has 0 radical (unpaired) electrons. The first kappa shape index (κ1) is 13.8. The van der Waals surface area contributed by atoms with Crippen molar-refractivity contribution in [3.8, 4) is 0 Å². The van der Waals surface area contributed by atoms with Gasteiger partial charge < -0.3 is 10.2 Å². The second-order valence-electron chi connectivity index (χ2n) is 3.30. The number of hydrogen-bond donors (Lipinski definition) is 2. The second kappa shape index (κ2) is 4.53. The van der Waals surface area contributed by atoms with Crippen LogP contribution in [-0.4, -0.2) is 32.1 Å². The molecule has 0 aliphatic rings. The first-order valence-corrected chi connectivity index (χ1v) is 4.71. The van der Waals surface area contributed by atoms with Crippen molar-refractivity contribution < 1.29 is 28.2 Å². The van der Waals surface area contributed by atoms with E-state index in [2.05, 4.69) is 5.10 Å². The van der Waals surface area contributed by atoms with Crippen molar-refractivity contribution >= 4 is 17.6 Å². The summed E-state index contributed by atoms with van der Waals surface area (Å²) in [5.41, 5.74) is -1.82. The lowest BCUT2D eigenvalue weighted by Crippen LogP contribution is -2.23. The molecule has 2 N–H and O–H groups in total. The Hall–Kier alpha value is -1.28. The fourth-order valence-corrected chi connectivity index (χ4v) is 1.44. The molecule has 0 amide bonds. The minimum Gasteiger partial charge on any atom is -0.479 e. The van der Waals surface area contributed by atoms with Crippen molar-refractivity contribution in [2.24, 2.45) is 7.05 Å². The van der Waals surface area contributed by atoms with Crippen LogP contribution in [0.1, 0.15) is 11.3 Å². The minimum atomic E-state index is -4.75. The van der Waals surface area contributed by atoms with Gasteiger partial charge in [0.15, 0.2) is 11.8 Å². The number of aryl methyl sites for hydroxylation is 1. The fraction of sp³-hybridized carbons (Fsp3) is 0.500. The molecule has 0 aliphatic carbocycles. The Morgan fingerprint density at radius 1 is 1.59 bits per heavy atom. The molecule has 1 unspecified atom stereocenters. The third-order valence-electron chi connectivity index (χ3n) is 2.02. The van der Waals surface area contributed by atoms with Crippen molar-refractivity contribution in [3.63, 3.8) is 0 Å². The van der Waals surface area contributed by atoms with Gasteiger partial charge in [-0.15, -0.1) is 0 Å². The molecule has 0 saturated carbocycles. The molecule has 1 aromatic rings. The Labute approximate surface area is 98.4 Å². The number of aliphatic hydroxyl groups excluding tert-OH is 1. The van der Waals surface area contributed by atoms with Crippen LogP contribution >= 0.6 is 11.6 Å². The Balaban J connectivity index is 3.18. The van der Waals surface area contributed by atoms with Crippen molar-refractivity contribution in [2.45, 2.75) is 18.7 Å². The molecule has 1 heterocycles. The zero-order valence-electron chi connectivity index (χ0n) is 8.49. The number of nitrogens with zero attached hydrogens (tertiary/aromatic N) is 2. The summed E-state index contributed by atoms with van der Waals surface area (Å²) in [4.78, 5) is 10.4. The van der Waals surface area contributed by atoms with E-state index in [1.807, 2.05) is 0 Å². The van der Waals surface area contributed by atoms with Gasteiger partial charge in [-0.25, -0.2) is 4.79 Å². The van der Waals surface area contributed by atoms with E-state index in [1.165, 1.54) is 7.05 Å². The predicted molar refractivity (Wildman–Crippen MR) is 50.6 cm³/mol. The maximum atomic E-state index is 12.5. The molecule has 17 heavy (non-hydrogen) atoms. The van der Waals surface area contributed by atoms with Gasteiger partial charge in [-0.05, 0) is 0 Å². The quantitative estimate of drug-likeness (QED) is 0.863. The molecule has 1 atom stereocenters. The van der Waals surface area contributed by atoms with Crippen molar-refractivity contribution in [3.05, 3.63) is 16.4 Å². The van der Waals surface area contributed by atoms with E-state index < -0.39 is 35.9 Å². The van der Waals surface area contributed by atoms with Gasteiger partial charge in [0.05, 0.1) is 0 Å². The fourth-order valence-electron chi connectivity index (χ4n) is 1.24. The maximum absolute atomic E-state index is 12.5. The van der Waals surface area contributed by atoms with Gasteiger partial charge in [0.2, 0.25) is 0 Å². The van der Waals surface area contributed by atoms with E-state index in [4.69, 9.17) is 21.8 Å². The molecule has 9 heteroatoms. The van der Waals surface area contributed by atoms with Gasteiger partial charge in [-0.3, -0.25) is 4.68 Å². The summed E-state index contributed by atoms with van der Waals surface area (Å²) in [5, 5.41) is 20.3. The Bertz CT molecular complexity index is 444. The van der Waals surface area contributed by atoms with Gasteiger partial charge >= 0.3 is 12.1 Å². The van der Waals surface area contributed by atoms with Crippen LogP contribution in [0.15, 0.2) is 0 Å². The molecular weight excluding hydrogens is 265 g/mol. The highest BCUT2D eigenvalue weighted by molar-refractivity contribution is 6.30. The highest BCUT2D eigenvalue weighted by Crippen LogP contribution is 2.34. The summed E-state index contributed by atoms with van der Waals surface area (Å²) in [5.74, 6) is -1.63. The number of carbonyl (C=O) groups is 1. The molecule has 0 saturated heterocycles. The molecule has 5 nitrogen and oxygen atoms in total. The molecular formula is C8H8ClF3N2O3. The molecule has 1 rings (SSSR count). The largest absolute Gasteiger partial charge is 0.479 e. The lowest BCUT2D eigenvalue weighted by atomic mass is 10.1. The van der Waals surface area contributed by atoms with Crippen LogP contribution in [0.4, 0.5) is 13.2 Å². The van der Waals surface area contributed by atoms with Crippen LogP contribution in [0.2, 0.25) is 5.15 Å². The smallest absolute Gasteiger partial charge is 0.435 e. The van der Waals surface area contributed by atoms with E-state index in [0.717, 1.165) is 4.68 Å². The van der Waals surface area contributed by atoms with Crippen molar-refractivity contribution in [1.82, 2.24) is 9.78 Å². The molecule has 0 spiro atoms. The van der Waals surface area contributed by atoms with Crippen molar-refractivity contribution in [1.29, 1.82) is 0 Å². The van der Waals surface area contributed by atoms with Crippen LogP contribution in [0.3, 0.4) is 0 Å². The minimum absolute atomic E-state index is 0.349. The number of carboxylic acid groups (broad SMARTS) is 1. The van der Waals surface area contributed by atoms with Crippen LogP contribution in [-0.2, 0) is 24.4 Å². The Kier molecular flexibility index (Phi) is 3.68. The third kappa shape index (κ3) is 2.89. The highest BCUT2D eigenvalue weighted by Gasteiger charge is 2.39. The van der Waals surface area contributed by atoms with Crippen LogP contribution in [0, 0.1) is 0 Å². The monoisotopic (exact) mass is 272 g/mol. The summed E-state index contributed by atoms with van der Waals surface area (Å²) < 4.78 is 38.4. The summed E-state index contributed by atoms with van der Waals surface area (Å²) in [7, 11) is 1.19. The molecule has 96 valence electrons. The number of rotatable bonds is 3. The molecule has 0 aromatic carbocycles. The molecule has 0 bridgehead atoms. The first-order chi connectivity index (χ1) is 7.64. The highest BCUT2D eigenvalue weighted by atomic mass is 35.5. The van der Waals surface area contributed by atoms with Gasteiger partial charge in [0.25, 0.3) is 0 Å². The normalized spacial score (nSPS) is 13.8. The number of carboxylic acids is 1. The van der Waals surface area contributed by atoms with Gasteiger partial charge in [-0.2, -0.15) is 18.3 Å². The SMILES string of the molecule is Cn1nc(C(F)(F)F)c(CC(O)C(=O)O)c1Cl. The zero-order valence-corrected chi connectivity index (χ0v) is 9.25. The number of hydrogen-bond acceptors (Lipinski definition) is 3. The van der Waals surface area contributed by atoms with E-state index in [9.17, 15) is 18.0 Å². The molecule has 1 aromatic heterocycles. The van der Waals surface area contributed by atoms with Gasteiger partial charge in [0, 0.05) is 19.0 Å². The summed E-state index contributed by atoms with van der Waals surface area (Å²) in [6.45, 7) is 0. The lowest BCUT2D eigenvalue weighted by molar-refractivity contribution is -0.148. The maximum Gasteiger partial charge on any atom is 0.435 e. The van der Waals surface area contributed by atoms with E-state index >= 15 is 0 Å². The van der Waals surface area contributed by atoms with Gasteiger partial charge in [0.1, 0.15) is 5.15 Å². The van der Waals surface area contributed by atoms with Crippen molar-refractivity contribution in [2.75, 3.05) is 0 Å². The summed E-state index contributed by atoms with van der Waals surface area (Å²) >= 11 is 5.57. The molecule has 0 fully saturated rings. The number of aliphatic hydroxyl groups is 1. The first-order valence-electron chi connectivity index (χ1n) is 4.34. The standard InChI is InChI=1S/C8H8ClF3N2O3/c1-14-6(9)3(2-4(15)7(16)17)5(13-14)8(10,11)12/h4,15H,2H2,1H3,(H,16,17). The average Bonchev–Trinajstić information content (AvgIpc) is 2.45. The van der Waals surface area contributed by atoms with E-state index in [-0.39, 0.29) is 5.15 Å². The third-order valence-corrected chi connectivity index (χ3v) is 2.49. The Morgan fingerprint density at radius 2 is 2.12 bits per heavy atom. The van der Waals surface area contributed by atoms with E-state index in [1.54, 1.807) is 0 Å². The number of alkyl halides is 3. The predicted octanol–water partition coefficient (Wildman–Crippen LogP) is 1.08. The topological polar surface area (TPSA) is 75.3 Å². The summed E-state index contributed by atoms with van der Waals surface area (Å²) in [6.07, 6.45) is -7.47. The second-order valence-corrected chi connectivity index (χ2v) is 3.66. The van der Waals surface area contributed by atoms with Crippen LogP contribution < -0.4 is 0 Å². The zero-order chi connectivity index (χ0) is 13.4. The molecule has 0 aliphatic heterocycles. The van der Waals surface area contributed by atoms with Crippen LogP contribution in [0.25, 0.3) is 0 Å². The van der Waals surface area contributed by atoms with Crippen LogP contribution in [0.5, 0.6) is 0 Å². The Morgan fingerprint density at radius 3 is 2.53 bits per heavy atom. The average molecular weight is 273 g/mol. The number of halogens is 4. The van der Waals surface area contributed by atoms with Gasteiger partial charge in [-0.1, -0.05) is 11.6 Å². The summed E-state index contributed by atoms with van der Waals surface area (Å²) in [6, 6.07) is 0. The lowest BCUT2D eigenvalue weighted by Gasteiger charge is -2.08. The number of aliphatic carboxylic acids is 1. The van der Waals surface area contributed by atoms with E-state index in [0.29, 0.717) is 0 Å².